The second kappa shape index (κ2) is 5.64. The number of hydrogen-bond acceptors (Lipinski definition) is 3. The van der Waals surface area contributed by atoms with Gasteiger partial charge in [0.05, 0.1) is 5.71 Å². The molecule has 3 nitrogen and oxygen atoms in total. The lowest BCUT2D eigenvalue weighted by Gasteiger charge is -2.08. The van der Waals surface area contributed by atoms with Gasteiger partial charge in [0, 0.05) is 25.1 Å². The Kier molecular flexibility index (Phi) is 3.94. The molecule has 17 heavy (non-hydrogen) atoms. The van der Waals surface area contributed by atoms with Crippen LogP contribution in [0.1, 0.15) is 17.5 Å². The third-order valence-corrected chi connectivity index (χ3v) is 2.85. The van der Waals surface area contributed by atoms with Crippen molar-refractivity contribution in [3.8, 4) is 0 Å². The van der Waals surface area contributed by atoms with Gasteiger partial charge in [0.1, 0.15) is 6.10 Å². The Balaban J connectivity index is 1.93. The highest BCUT2D eigenvalue weighted by Crippen LogP contribution is 2.18. The first-order chi connectivity index (χ1) is 8.31. The van der Waals surface area contributed by atoms with Crippen LogP contribution in [0.15, 0.2) is 42.1 Å². The van der Waals surface area contributed by atoms with Gasteiger partial charge in [0.2, 0.25) is 0 Å². The summed E-state index contributed by atoms with van der Waals surface area (Å²) in [5.41, 5.74) is 3.49. The van der Waals surface area contributed by atoms with E-state index in [1.54, 1.807) is 0 Å². The van der Waals surface area contributed by atoms with Crippen LogP contribution in [0, 0.1) is 6.92 Å². The van der Waals surface area contributed by atoms with Gasteiger partial charge in [-0.25, -0.2) is 0 Å². The van der Waals surface area contributed by atoms with Gasteiger partial charge in [-0.1, -0.05) is 35.5 Å². The topological polar surface area (TPSA) is 33.6 Å². The van der Waals surface area contributed by atoms with Crippen LogP contribution in [-0.4, -0.2) is 24.9 Å². The standard InChI is InChI=1S/C14H18N2O/c1-3-8-15-10-12-9-14(16-17-12)13-7-5-4-6-11(13)2/h3-7,12,15H,1,8-10H2,2H3. The summed E-state index contributed by atoms with van der Waals surface area (Å²) in [7, 11) is 0. The summed E-state index contributed by atoms with van der Waals surface area (Å²) in [6.45, 7) is 7.38. The molecule has 0 aromatic heterocycles. The van der Waals surface area contributed by atoms with E-state index in [-0.39, 0.29) is 6.10 Å². The van der Waals surface area contributed by atoms with E-state index in [1.807, 2.05) is 18.2 Å². The van der Waals surface area contributed by atoms with E-state index in [1.165, 1.54) is 11.1 Å². The predicted molar refractivity (Wildman–Crippen MR) is 70.3 cm³/mol. The van der Waals surface area contributed by atoms with Gasteiger partial charge in [0.25, 0.3) is 0 Å². The molecule has 0 radical (unpaired) electrons. The molecular formula is C14H18N2O. The molecule has 0 spiro atoms. The number of aryl methyl sites for hydroxylation is 1. The molecule has 1 unspecified atom stereocenters. The fraction of sp³-hybridized carbons (Fsp3) is 0.357. The largest absolute Gasteiger partial charge is 0.390 e. The molecule has 0 bridgehead atoms. The second-order valence-corrected chi connectivity index (χ2v) is 4.23. The highest BCUT2D eigenvalue weighted by atomic mass is 16.6. The fourth-order valence-electron chi connectivity index (χ4n) is 1.94. The summed E-state index contributed by atoms with van der Waals surface area (Å²) in [6.07, 6.45) is 2.86. The van der Waals surface area contributed by atoms with Crippen LogP contribution >= 0.6 is 0 Å². The molecule has 1 atom stereocenters. The van der Waals surface area contributed by atoms with Crippen molar-refractivity contribution < 1.29 is 4.84 Å². The van der Waals surface area contributed by atoms with Gasteiger partial charge >= 0.3 is 0 Å². The Morgan fingerprint density at radius 3 is 3.12 bits per heavy atom. The molecule has 1 heterocycles. The first-order valence-corrected chi connectivity index (χ1v) is 5.91. The Labute approximate surface area is 102 Å². The summed E-state index contributed by atoms with van der Waals surface area (Å²) >= 11 is 0. The monoisotopic (exact) mass is 230 g/mol. The lowest BCUT2D eigenvalue weighted by molar-refractivity contribution is 0.0859. The third-order valence-electron chi connectivity index (χ3n) is 2.85. The number of benzene rings is 1. The minimum absolute atomic E-state index is 0.143. The average Bonchev–Trinajstić information content (AvgIpc) is 2.79. The van der Waals surface area contributed by atoms with Gasteiger partial charge < -0.3 is 10.2 Å². The van der Waals surface area contributed by atoms with E-state index in [4.69, 9.17) is 4.84 Å². The van der Waals surface area contributed by atoms with Crippen molar-refractivity contribution in [3.63, 3.8) is 0 Å². The highest BCUT2D eigenvalue weighted by Gasteiger charge is 2.22. The number of nitrogens with zero attached hydrogens (tertiary/aromatic N) is 1. The van der Waals surface area contributed by atoms with Gasteiger partial charge in [-0.15, -0.1) is 6.58 Å². The summed E-state index contributed by atoms with van der Waals surface area (Å²) in [4.78, 5) is 5.41. The van der Waals surface area contributed by atoms with E-state index < -0.39 is 0 Å². The Morgan fingerprint density at radius 2 is 2.35 bits per heavy atom. The molecule has 1 aromatic carbocycles. The molecule has 0 aliphatic carbocycles. The normalized spacial score (nSPS) is 18.6. The van der Waals surface area contributed by atoms with Crippen LogP contribution in [0.3, 0.4) is 0 Å². The lowest BCUT2D eigenvalue weighted by Crippen LogP contribution is -2.27. The average molecular weight is 230 g/mol. The third kappa shape index (κ3) is 2.94. The predicted octanol–water partition coefficient (Wildman–Crippen LogP) is 2.26. The van der Waals surface area contributed by atoms with Crippen molar-refractivity contribution in [1.29, 1.82) is 0 Å². The maximum atomic E-state index is 5.41. The molecule has 3 heteroatoms. The molecule has 2 rings (SSSR count). The minimum atomic E-state index is 0.143. The summed E-state index contributed by atoms with van der Waals surface area (Å²) < 4.78 is 0. The molecule has 1 aliphatic rings. The van der Waals surface area contributed by atoms with Gasteiger partial charge in [0.15, 0.2) is 0 Å². The maximum Gasteiger partial charge on any atom is 0.145 e. The van der Waals surface area contributed by atoms with Crippen molar-refractivity contribution in [2.75, 3.05) is 13.1 Å². The molecule has 0 saturated carbocycles. The van der Waals surface area contributed by atoms with E-state index in [0.717, 1.165) is 25.2 Å². The maximum absolute atomic E-state index is 5.41. The molecule has 0 saturated heterocycles. The zero-order chi connectivity index (χ0) is 12.1. The van der Waals surface area contributed by atoms with E-state index in [9.17, 15) is 0 Å². The SMILES string of the molecule is C=CCNCC1CC(c2ccccc2C)=NO1. The van der Waals surface area contributed by atoms with Crippen LogP contribution in [0.4, 0.5) is 0 Å². The minimum Gasteiger partial charge on any atom is -0.390 e. The van der Waals surface area contributed by atoms with Crippen LogP contribution in [0.2, 0.25) is 0 Å². The lowest BCUT2D eigenvalue weighted by atomic mass is 10.0. The second-order valence-electron chi connectivity index (χ2n) is 4.23. The van der Waals surface area contributed by atoms with Gasteiger partial charge in [-0.2, -0.15) is 0 Å². The Morgan fingerprint density at radius 1 is 1.53 bits per heavy atom. The summed E-state index contributed by atoms with van der Waals surface area (Å²) in [6, 6.07) is 8.27. The first-order valence-electron chi connectivity index (χ1n) is 5.91. The Hall–Kier alpha value is -1.61. The summed E-state index contributed by atoms with van der Waals surface area (Å²) in [5.74, 6) is 0. The fourth-order valence-corrected chi connectivity index (χ4v) is 1.94. The molecular weight excluding hydrogens is 212 g/mol. The smallest absolute Gasteiger partial charge is 0.145 e. The zero-order valence-corrected chi connectivity index (χ0v) is 10.1. The van der Waals surface area contributed by atoms with Crippen molar-refractivity contribution in [1.82, 2.24) is 5.32 Å². The Bertz CT molecular complexity index is 426. The molecule has 90 valence electrons. The van der Waals surface area contributed by atoms with Crippen molar-refractivity contribution in [2.45, 2.75) is 19.4 Å². The van der Waals surface area contributed by atoms with Crippen LogP contribution in [0.5, 0.6) is 0 Å². The van der Waals surface area contributed by atoms with Crippen molar-refractivity contribution >= 4 is 5.71 Å². The van der Waals surface area contributed by atoms with Crippen molar-refractivity contribution in [3.05, 3.63) is 48.0 Å². The van der Waals surface area contributed by atoms with E-state index in [0.29, 0.717) is 0 Å². The number of nitrogens with one attached hydrogen (secondary N) is 1. The first kappa shape index (κ1) is 11.9. The van der Waals surface area contributed by atoms with Gasteiger partial charge in [-0.3, -0.25) is 0 Å². The van der Waals surface area contributed by atoms with E-state index in [2.05, 4.69) is 36.1 Å². The molecule has 1 N–H and O–H groups in total. The zero-order valence-electron chi connectivity index (χ0n) is 10.1. The van der Waals surface area contributed by atoms with Gasteiger partial charge in [-0.05, 0) is 12.5 Å². The van der Waals surface area contributed by atoms with Crippen molar-refractivity contribution in [2.24, 2.45) is 5.16 Å². The number of rotatable bonds is 5. The van der Waals surface area contributed by atoms with Crippen LogP contribution < -0.4 is 5.32 Å². The highest BCUT2D eigenvalue weighted by molar-refractivity contribution is 6.02. The molecule has 0 fully saturated rings. The summed E-state index contributed by atoms with van der Waals surface area (Å²) in [5, 5.41) is 7.43. The molecule has 1 aromatic rings. The molecule has 0 amide bonds. The van der Waals surface area contributed by atoms with Crippen LogP contribution in [-0.2, 0) is 4.84 Å². The van der Waals surface area contributed by atoms with E-state index >= 15 is 0 Å². The number of oxime groups is 1. The quantitative estimate of drug-likeness (QED) is 0.622. The molecule has 1 aliphatic heterocycles. The number of hydrogen-bond donors (Lipinski definition) is 1. The van der Waals surface area contributed by atoms with Crippen LogP contribution in [0.25, 0.3) is 0 Å².